The topological polar surface area (TPSA) is 35.2 Å². The van der Waals surface area contributed by atoms with Gasteiger partial charge in [0.1, 0.15) is 5.75 Å². The van der Waals surface area contributed by atoms with E-state index in [9.17, 15) is 0 Å². The summed E-state index contributed by atoms with van der Waals surface area (Å²) < 4.78 is 5.82. The van der Waals surface area contributed by atoms with Crippen LogP contribution in [0.1, 0.15) is 30.9 Å². The van der Waals surface area contributed by atoms with E-state index in [-0.39, 0.29) is 0 Å². The number of hydrogen-bond acceptors (Lipinski definition) is 3. The molecule has 0 aliphatic rings. The van der Waals surface area contributed by atoms with Gasteiger partial charge in [-0.05, 0) is 48.2 Å². The van der Waals surface area contributed by atoms with Gasteiger partial charge >= 0.3 is 0 Å². The lowest BCUT2D eigenvalue weighted by molar-refractivity contribution is 0.343. The minimum atomic E-state index is 0.552. The standard InChI is InChI=1S/C18H23NOS/c1-13(2)16-9-8-15(12-14(16)3)20-10-11-21-18-7-5-4-6-17(18)19/h4-9,12-13H,10-11,19H2,1-3H3. The summed E-state index contributed by atoms with van der Waals surface area (Å²) in [5, 5.41) is 0. The molecule has 0 bridgehead atoms. The molecule has 2 aromatic rings. The Labute approximate surface area is 131 Å². The third-order valence-electron chi connectivity index (χ3n) is 3.39. The molecule has 0 radical (unpaired) electrons. The molecule has 0 aliphatic heterocycles. The summed E-state index contributed by atoms with van der Waals surface area (Å²) in [5.74, 6) is 2.38. The fraction of sp³-hybridized carbons (Fsp3) is 0.333. The summed E-state index contributed by atoms with van der Waals surface area (Å²) in [7, 11) is 0. The van der Waals surface area contributed by atoms with E-state index < -0.39 is 0 Å². The Morgan fingerprint density at radius 2 is 1.90 bits per heavy atom. The molecule has 0 aliphatic carbocycles. The molecule has 0 amide bonds. The molecule has 0 saturated heterocycles. The molecule has 0 heterocycles. The highest BCUT2D eigenvalue weighted by Gasteiger charge is 2.05. The maximum absolute atomic E-state index is 5.92. The Morgan fingerprint density at radius 1 is 1.14 bits per heavy atom. The number of hydrogen-bond donors (Lipinski definition) is 1. The molecule has 2 nitrogen and oxygen atoms in total. The van der Waals surface area contributed by atoms with Crippen LogP contribution >= 0.6 is 11.8 Å². The zero-order valence-electron chi connectivity index (χ0n) is 12.9. The van der Waals surface area contributed by atoms with Gasteiger partial charge in [0, 0.05) is 16.3 Å². The van der Waals surface area contributed by atoms with Crippen molar-refractivity contribution in [2.24, 2.45) is 0 Å². The lowest BCUT2D eigenvalue weighted by atomic mass is 9.98. The lowest BCUT2D eigenvalue weighted by Crippen LogP contribution is -2.01. The average molecular weight is 301 g/mol. The summed E-state index contributed by atoms with van der Waals surface area (Å²) in [4.78, 5) is 1.12. The second-order valence-corrected chi connectivity index (χ2v) is 6.54. The molecule has 0 saturated carbocycles. The minimum Gasteiger partial charge on any atom is -0.493 e. The summed E-state index contributed by atoms with van der Waals surface area (Å²) in [6.45, 7) is 7.24. The predicted octanol–water partition coefficient (Wildman–Crippen LogP) is 4.87. The van der Waals surface area contributed by atoms with Crippen LogP contribution in [0.4, 0.5) is 5.69 Å². The highest BCUT2D eigenvalue weighted by Crippen LogP contribution is 2.25. The van der Waals surface area contributed by atoms with Crippen LogP contribution in [0.15, 0.2) is 47.4 Å². The van der Waals surface area contributed by atoms with Crippen LogP contribution in [0.3, 0.4) is 0 Å². The number of thioether (sulfide) groups is 1. The van der Waals surface area contributed by atoms with Gasteiger partial charge in [0.15, 0.2) is 0 Å². The first kappa shape index (κ1) is 15.8. The second-order valence-electron chi connectivity index (χ2n) is 5.41. The van der Waals surface area contributed by atoms with Gasteiger partial charge in [-0.3, -0.25) is 0 Å². The lowest BCUT2D eigenvalue weighted by Gasteiger charge is -2.12. The molecule has 0 fully saturated rings. The SMILES string of the molecule is Cc1cc(OCCSc2ccccc2N)ccc1C(C)C. The van der Waals surface area contributed by atoms with Crippen molar-refractivity contribution in [3.63, 3.8) is 0 Å². The third kappa shape index (κ3) is 4.43. The second kappa shape index (κ2) is 7.41. The summed E-state index contributed by atoms with van der Waals surface area (Å²) in [6.07, 6.45) is 0. The van der Waals surface area contributed by atoms with E-state index in [1.807, 2.05) is 24.3 Å². The molecule has 3 heteroatoms. The van der Waals surface area contributed by atoms with Crippen LogP contribution < -0.4 is 10.5 Å². The van der Waals surface area contributed by atoms with E-state index in [2.05, 4.69) is 39.0 Å². The summed E-state index contributed by atoms with van der Waals surface area (Å²) in [6, 6.07) is 14.3. The normalized spacial score (nSPS) is 10.9. The van der Waals surface area contributed by atoms with Gasteiger partial charge in [0.2, 0.25) is 0 Å². The first-order valence-corrected chi connectivity index (χ1v) is 8.27. The molecule has 2 rings (SSSR count). The first-order valence-electron chi connectivity index (χ1n) is 7.28. The Morgan fingerprint density at radius 3 is 2.57 bits per heavy atom. The molecule has 0 aromatic heterocycles. The maximum atomic E-state index is 5.92. The largest absolute Gasteiger partial charge is 0.493 e. The molecular weight excluding hydrogens is 278 g/mol. The molecule has 0 spiro atoms. The van der Waals surface area contributed by atoms with Gasteiger partial charge in [0.25, 0.3) is 0 Å². The molecule has 2 aromatic carbocycles. The van der Waals surface area contributed by atoms with Crippen LogP contribution in [0.2, 0.25) is 0 Å². The molecule has 21 heavy (non-hydrogen) atoms. The van der Waals surface area contributed by atoms with Crippen molar-refractivity contribution in [3.8, 4) is 5.75 Å². The van der Waals surface area contributed by atoms with Crippen molar-refractivity contribution < 1.29 is 4.74 Å². The third-order valence-corrected chi connectivity index (χ3v) is 4.45. The highest BCUT2D eigenvalue weighted by atomic mass is 32.2. The summed E-state index contributed by atoms with van der Waals surface area (Å²) in [5.41, 5.74) is 9.43. The van der Waals surface area contributed by atoms with Crippen molar-refractivity contribution in [2.75, 3.05) is 18.1 Å². The van der Waals surface area contributed by atoms with E-state index in [0.717, 1.165) is 22.1 Å². The fourth-order valence-corrected chi connectivity index (χ4v) is 3.10. The van der Waals surface area contributed by atoms with Crippen molar-refractivity contribution in [1.82, 2.24) is 0 Å². The highest BCUT2D eigenvalue weighted by molar-refractivity contribution is 7.99. The van der Waals surface area contributed by atoms with E-state index >= 15 is 0 Å². The zero-order chi connectivity index (χ0) is 15.2. The molecule has 2 N–H and O–H groups in total. The summed E-state index contributed by atoms with van der Waals surface area (Å²) >= 11 is 1.73. The molecule has 0 unspecified atom stereocenters. The average Bonchev–Trinajstić information content (AvgIpc) is 2.45. The number of ether oxygens (including phenoxy) is 1. The van der Waals surface area contributed by atoms with Crippen LogP contribution in [0.5, 0.6) is 5.75 Å². The number of anilines is 1. The van der Waals surface area contributed by atoms with Crippen molar-refractivity contribution >= 4 is 17.4 Å². The molecular formula is C18H23NOS. The number of aryl methyl sites for hydroxylation is 1. The smallest absolute Gasteiger partial charge is 0.119 e. The fourth-order valence-electron chi connectivity index (χ4n) is 2.31. The minimum absolute atomic E-state index is 0.552. The number of benzene rings is 2. The Hall–Kier alpha value is -1.61. The van der Waals surface area contributed by atoms with Gasteiger partial charge in [-0.15, -0.1) is 11.8 Å². The molecule has 0 atom stereocenters. The number of rotatable bonds is 6. The van der Waals surface area contributed by atoms with Crippen molar-refractivity contribution in [1.29, 1.82) is 0 Å². The first-order chi connectivity index (χ1) is 10.1. The van der Waals surface area contributed by atoms with Gasteiger partial charge in [-0.2, -0.15) is 0 Å². The van der Waals surface area contributed by atoms with Gasteiger partial charge in [0.05, 0.1) is 6.61 Å². The van der Waals surface area contributed by atoms with Gasteiger partial charge in [-0.1, -0.05) is 32.0 Å². The number of nitrogen functional groups attached to an aromatic ring is 1. The number of nitrogens with two attached hydrogens (primary N) is 1. The van der Waals surface area contributed by atoms with E-state index in [1.54, 1.807) is 11.8 Å². The van der Waals surface area contributed by atoms with Crippen LogP contribution in [0, 0.1) is 6.92 Å². The van der Waals surface area contributed by atoms with E-state index in [4.69, 9.17) is 10.5 Å². The van der Waals surface area contributed by atoms with E-state index in [0.29, 0.717) is 12.5 Å². The van der Waals surface area contributed by atoms with Gasteiger partial charge in [-0.25, -0.2) is 0 Å². The monoisotopic (exact) mass is 301 g/mol. The van der Waals surface area contributed by atoms with Crippen LogP contribution in [-0.2, 0) is 0 Å². The van der Waals surface area contributed by atoms with Crippen LogP contribution in [0.25, 0.3) is 0 Å². The predicted molar refractivity (Wildman–Crippen MR) is 92.3 cm³/mol. The van der Waals surface area contributed by atoms with Crippen molar-refractivity contribution in [3.05, 3.63) is 53.6 Å². The molecule has 112 valence electrons. The quantitative estimate of drug-likeness (QED) is 0.469. The zero-order valence-corrected chi connectivity index (χ0v) is 13.7. The van der Waals surface area contributed by atoms with E-state index in [1.165, 1.54) is 11.1 Å². The van der Waals surface area contributed by atoms with Gasteiger partial charge < -0.3 is 10.5 Å². The Kier molecular flexibility index (Phi) is 5.57. The van der Waals surface area contributed by atoms with Crippen LogP contribution in [-0.4, -0.2) is 12.4 Å². The Bertz CT molecular complexity index is 596. The Balaban J connectivity index is 1.84. The number of para-hydroxylation sites is 1. The maximum Gasteiger partial charge on any atom is 0.119 e. The van der Waals surface area contributed by atoms with Crippen molar-refractivity contribution in [2.45, 2.75) is 31.6 Å².